The number of carboxylic acids is 1. The minimum Gasteiger partial charge on any atom is -0.475 e. The Kier molecular flexibility index (Phi) is 7.55. The lowest BCUT2D eigenvalue weighted by Crippen LogP contribution is -2.21. The Morgan fingerprint density at radius 2 is 1.91 bits per heavy atom. The summed E-state index contributed by atoms with van der Waals surface area (Å²) < 4.78 is 37.6. The van der Waals surface area contributed by atoms with Gasteiger partial charge in [0.2, 0.25) is 0 Å². The van der Waals surface area contributed by atoms with Crippen molar-refractivity contribution >= 4 is 22.6 Å². The van der Waals surface area contributed by atoms with E-state index < -0.39 is 12.1 Å². The first kappa shape index (κ1) is 23.6. The van der Waals surface area contributed by atoms with Gasteiger partial charge in [0.25, 0.3) is 0 Å². The Morgan fingerprint density at radius 3 is 2.58 bits per heavy atom. The molecule has 6 nitrogen and oxygen atoms in total. The van der Waals surface area contributed by atoms with Crippen LogP contribution in [0, 0.1) is 6.92 Å². The van der Waals surface area contributed by atoms with Crippen LogP contribution >= 0.6 is 0 Å². The van der Waals surface area contributed by atoms with Crippen LogP contribution in [-0.4, -0.2) is 33.8 Å². The van der Waals surface area contributed by atoms with Gasteiger partial charge >= 0.3 is 12.1 Å². The van der Waals surface area contributed by atoms with Crippen molar-refractivity contribution in [2.75, 3.05) is 11.9 Å². The number of hydrogen-bond donors (Lipinski definition) is 3. The smallest absolute Gasteiger partial charge is 0.475 e. The number of fused-ring (bicyclic) bond motifs is 1. The van der Waals surface area contributed by atoms with Crippen LogP contribution in [0.3, 0.4) is 0 Å². The summed E-state index contributed by atoms with van der Waals surface area (Å²) in [5.74, 6) is -1.16. The molecule has 0 aliphatic carbocycles. The highest BCUT2D eigenvalue weighted by molar-refractivity contribution is 5.83. The van der Waals surface area contributed by atoms with Crippen molar-refractivity contribution in [1.82, 2.24) is 9.97 Å². The van der Waals surface area contributed by atoms with Gasteiger partial charge < -0.3 is 20.1 Å². The van der Waals surface area contributed by atoms with E-state index in [2.05, 4.69) is 58.7 Å². The van der Waals surface area contributed by atoms with Crippen molar-refractivity contribution in [2.45, 2.75) is 19.5 Å². The Morgan fingerprint density at radius 1 is 1.15 bits per heavy atom. The van der Waals surface area contributed by atoms with Gasteiger partial charge in [0.15, 0.2) is 0 Å². The van der Waals surface area contributed by atoms with Crippen LogP contribution in [0.15, 0.2) is 73.2 Å². The van der Waals surface area contributed by atoms with E-state index in [0.717, 1.165) is 35.7 Å². The normalized spacial score (nSPS) is 10.9. The minimum absolute atomic E-state index is 0.746. The molecule has 0 spiro atoms. The highest BCUT2D eigenvalue weighted by Crippen LogP contribution is 2.27. The van der Waals surface area contributed by atoms with Gasteiger partial charge in [-0.2, -0.15) is 13.2 Å². The van der Waals surface area contributed by atoms with Crippen LogP contribution in [0.1, 0.15) is 11.1 Å². The second-order valence-electron chi connectivity index (χ2n) is 7.11. The maximum Gasteiger partial charge on any atom is 0.490 e. The Balaban J connectivity index is 0.000000383. The molecule has 33 heavy (non-hydrogen) atoms. The monoisotopic (exact) mass is 457 g/mol. The van der Waals surface area contributed by atoms with Gasteiger partial charge in [-0.25, -0.2) is 4.79 Å². The summed E-state index contributed by atoms with van der Waals surface area (Å²) >= 11 is 0. The third-order valence-corrected chi connectivity index (χ3v) is 4.68. The van der Waals surface area contributed by atoms with E-state index in [4.69, 9.17) is 14.6 Å². The van der Waals surface area contributed by atoms with E-state index in [1.807, 2.05) is 24.3 Å². The number of aryl methyl sites for hydroxylation is 1. The summed E-state index contributed by atoms with van der Waals surface area (Å²) in [6.45, 7) is 2.93. The molecule has 0 amide bonds. The van der Waals surface area contributed by atoms with Crippen LogP contribution in [-0.2, 0) is 11.2 Å². The number of aromatic nitrogens is 2. The molecule has 0 atom stereocenters. The maximum atomic E-state index is 10.6. The number of carbonyl (C=O) groups is 1. The van der Waals surface area contributed by atoms with Crippen molar-refractivity contribution in [3.63, 3.8) is 0 Å². The number of nitrogens with zero attached hydrogens (tertiary/aromatic N) is 1. The van der Waals surface area contributed by atoms with Crippen LogP contribution in [0.25, 0.3) is 10.9 Å². The number of rotatable bonds is 6. The van der Waals surface area contributed by atoms with Gasteiger partial charge in [0.1, 0.15) is 11.5 Å². The number of H-pyrrole nitrogens is 1. The fourth-order valence-electron chi connectivity index (χ4n) is 3.09. The average molecular weight is 457 g/mol. The van der Waals surface area contributed by atoms with Gasteiger partial charge in [-0.15, -0.1) is 0 Å². The number of aliphatic carboxylic acids is 1. The molecule has 0 bridgehead atoms. The molecule has 0 radical (unpaired) electrons. The van der Waals surface area contributed by atoms with Crippen LogP contribution in [0.2, 0.25) is 0 Å². The summed E-state index contributed by atoms with van der Waals surface area (Å²) in [6.07, 6.45) is 1.44. The largest absolute Gasteiger partial charge is 0.490 e. The number of nitrogens with one attached hydrogen (secondary N) is 2. The molecule has 9 heteroatoms. The summed E-state index contributed by atoms with van der Waals surface area (Å²) in [5, 5.41) is 11.9. The highest BCUT2D eigenvalue weighted by atomic mass is 19.4. The van der Waals surface area contributed by atoms with Crippen molar-refractivity contribution < 1.29 is 27.8 Å². The molecule has 2 heterocycles. The summed E-state index contributed by atoms with van der Waals surface area (Å²) in [7, 11) is 0. The zero-order valence-corrected chi connectivity index (χ0v) is 17.7. The number of hydrogen-bond acceptors (Lipinski definition) is 4. The third kappa shape index (κ3) is 6.73. The minimum atomic E-state index is -5.08. The highest BCUT2D eigenvalue weighted by Gasteiger charge is 2.38. The Hall–Kier alpha value is -4.01. The van der Waals surface area contributed by atoms with Crippen LogP contribution < -0.4 is 10.1 Å². The molecule has 2 aromatic carbocycles. The zero-order chi connectivity index (χ0) is 23.8. The third-order valence-electron chi connectivity index (χ3n) is 4.68. The quantitative estimate of drug-likeness (QED) is 0.333. The molecule has 2 aromatic heterocycles. The lowest BCUT2D eigenvalue weighted by molar-refractivity contribution is -0.192. The molecular weight excluding hydrogens is 435 g/mol. The lowest BCUT2D eigenvalue weighted by atomic mass is 10.1. The molecule has 4 rings (SSSR count). The molecule has 172 valence electrons. The fraction of sp³-hybridized carbons (Fsp3) is 0.167. The molecule has 3 N–H and O–H groups in total. The number of benzene rings is 2. The van der Waals surface area contributed by atoms with Crippen molar-refractivity contribution in [3.8, 4) is 11.5 Å². The molecular formula is C24H22F3N3O3. The van der Waals surface area contributed by atoms with Gasteiger partial charge in [-0.1, -0.05) is 18.2 Å². The first-order chi connectivity index (χ1) is 15.7. The van der Waals surface area contributed by atoms with Crippen LogP contribution in [0.5, 0.6) is 11.5 Å². The number of ether oxygens (including phenoxy) is 1. The number of pyridine rings is 1. The number of carboxylic acid groups (broad SMARTS) is 1. The van der Waals surface area contributed by atoms with Crippen molar-refractivity contribution in [2.24, 2.45) is 0 Å². The predicted octanol–water partition coefficient (Wildman–Crippen LogP) is 5.95. The topological polar surface area (TPSA) is 87.2 Å². The first-order valence-electron chi connectivity index (χ1n) is 10.0. The number of halogens is 3. The van der Waals surface area contributed by atoms with Gasteiger partial charge in [-0.3, -0.25) is 4.98 Å². The molecule has 0 fully saturated rings. The van der Waals surface area contributed by atoms with Gasteiger partial charge in [0.05, 0.1) is 6.20 Å². The number of alkyl halides is 3. The van der Waals surface area contributed by atoms with E-state index in [1.54, 1.807) is 12.4 Å². The zero-order valence-electron chi connectivity index (χ0n) is 17.7. The standard InChI is InChI=1S/C22H21N3O.C2HF3O2/c1-16-13-18(8-9-22(16)26-19-5-4-11-23-15-19)24-12-10-17-14-25-21-7-3-2-6-20(17)21;3-2(4,5)1(6)7/h2-9,11,13-15,24-25H,10,12H2,1H3;(H,6,7). The predicted molar refractivity (Wildman–Crippen MR) is 120 cm³/mol. The Labute approximate surface area is 188 Å². The second-order valence-corrected chi connectivity index (χ2v) is 7.11. The number of para-hydroxylation sites is 1. The molecule has 0 aliphatic heterocycles. The maximum absolute atomic E-state index is 10.6. The fourth-order valence-corrected chi connectivity index (χ4v) is 3.09. The SMILES string of the molecule is Cc1cc(NCCc2c[nH]c3ccccc23)ccc1Oc1cccnc1.O=C(O)C(F)(F)F. The van der Waals surface area contributed by atoms with E-state index in [0.29, 0.717) is 0 Å². The molecule has 0 aliphatic rings. The van der Waals surface area contributed by atoms with Gasteiger partial charge in [0, 0.05) is 35.5 Å². The number of aromatic amines is 1. The summed E-state index contributed by atoms with van der Waals surface area (Å²) in [6, 6.07) is 18.3. The lowest BCUT2D eigenvalue weighted by Gasteiger charge is -2.11. The van der Waals surface area contributed by atoms with E-state index in [1.165, 1.54) is 16.5 Å². The molecule has 4 aromatic rings. The molecule has 0 saturated heterocycles. The van der Waals surface area contributed by atoms with Crippen LogP contribution in [0.4, 0.5) is 18.9 Å². The van der Waals surface area contributed by atoms with Gasteiger partial charge in [-0.05, 0) is 60.9 Å². The first-order valence-corrected chi connectivity index (χ1v) is 10.0. The molecule has 0 unspecified atom stereocenters. The van der Waals surface area contributed by atoms with E-state index >= 15 is 0 Å². The summed E-state index contributed by atoms with van der Waals surface area (Å²) in [4.78, 5) is 16.3. The van der Waals surface area contributed by atoms with Crippen molar-refractivity contribution in [1.29, 1.82) is 0 Å². The average Bonchev–Trinajstić information content (AvgIpc) is 3.19. The van der Waals surface area contributed by atoms with Crippen molar-refractivity contribution in [3.05, 3.63) is 84.3 Å². The van der Waals surface area contributed by atoms with E-state index in [9.17, 15) is 13.2 Å². The summed E-state index contributed by atoms with van der Waals surface area (Å²) in [5.41, 5.74) is 4.71. The Bertz CT molecular complexity index is 1210. The van der Waals surface area contributed by atoms with E-state index in [-0.39, 0.29) is 0 Å². The number of anilines is 1. The second kappa shape index (κ2) is 10.5. The molecule has 0 saturated carbocycles.